The standard InChI is InChI=1S/C6H8N6S3.C4H6O4S.CH5N3S/c7-5-11-9-3(14-5)1-13-2-4-10-12-6(8)15-4;5-3(6)1-9-2-4(7)8;2-1(5)4-3/h1-2H2,(H2,7,11)(H2,8,12);1-2H2,(H,5,6)(H,7,8);3H2,(H3,2,4,5). The lowest BCUT2D eigenvalue weighted by Crippen LogP contribution is -2.34. The van der Waals surface area contributed by atoms with Crippen LogP contribution in [0.25, 0.3) is 0 Å². The summed E-state index contributed by atoms with van der Waals surface area (Å²) in [6.45, 7) is 0. The summed E-state index contributed by atoms with van der Waals surface area (Å²) in [5.74, 6) is 3.96. The van der Waals surface area contributed by atoms with Crippen molar-refractivity contribution in [1.82, 2.24) is 25.8 Å². The number of nitrogens with zero attached hydrogens (tertiary/aromatic N) is 4. The zero-order valence-corrected chi connectivity index (χ0v) is 18.8. The molecule has 162 valence electrons. The van der Waals surface area contributed by atoms with Crippen LogP contribution in [0.5, 0.6) is 0 Å². The van der Waals surface area contributed by atoms with Crippen LogP contribution in [0, 0.1) is 0 Å². The molecule has 0 atom stereocenters. The summed E-state index contributed by atoms with van der Waals surface area (Å²) < 4.78 is 0. The van der Waals surface area contributed by atoms with Crippen LogP contribution in [0.15, 0.2) is 0 Å². The van der Waals surface area contributed by atoms with Crippen molar-refractivity contribution in [2.24, 2.45) is 11.6 Å². The first-order valence-electron chi connectivity index (χ1n) is 7.14. The van der Waals surface area contributed by atoms with E-state index in [0.29, 0.717) is 10.3 Å². The van der Waals surface area contributed by atoms with Crippen molar-refractivity contribution >= 4 is 85.7 Å². The number of nitrogen functional groups attached to an aromatic ring is 2. The number of carboxylic acid groups (broad SMARTS) is 2. The molecule has 0 aliphatic heterocycles. The van der Waals surface area contributed by atoms with Gasteiger partial charge in [0.15, 0.2) is 5.11 Å². The molecule has 0 spiro atoms. The highest BCUT2D eigenvalue weighted by Crippen LogP contribution is 2.23. The smallest absolute Gasteiger partial charge is 0.313 e. The number of carbonyl (C=O) groups is 2. The maximum absolute atomic E-state index is 9.77. The molecule has 0 radical (unpaired) electrons. The average molecular weight is 502 g/mol. The van der Waals surface area contributed by atoms with Gasteiger partial charge in [-0.1, -0.05) is 22.7 Å². The van der Waals surface area contributed by atoms with Gasteiger partial charge in [0, 0.05) is 11.5 Å². The number of hydrogen-bond donors (Lipinski definition) is 7. The van der Waals surface area contributed by atoms with Crippen LogP contribution >= 0.6 is 58.4 Å². The zero-order chi connectivity index (χ0) is 22.2. The molecule has 11 N–H and O–H groups in total. The summed E-state index contributed by atoms with van der Waals surface area (Å²) in [7, 11) is 0. The van der Waals surface area contributed by atoms with E-state index in [1.807, 2.05) is 5.43 Å². The van der Waals surface area contributed by atoms with Crippen molar-refractivity contribution in [2.45, 2.75) is 11.5 Å². The maximum Gasteiger partial charge on any atom is 0.313 e. The fourth-order valence-electron chi connectivity index (χ4n) is 1.10. The number of thioether (sulfide) groups is 2. The summed E-state index contributed by atoms with van der Waals surface area (Å²) >= 11 is 9.61. The summed E-state index contributed by atoms with van der Waals surface area (Å²) in [4.78, 5) is 19.5. The molecule has 0 bridgehead atoms. The molecule has 0 saturated carbocycles. The van der Waals surface area contributed by atoms with Crippen molar-refractivity contribution in [2.75, 3.05) is 23.0 Å². The Labute approximate surface area is 187 Å². The molecule has 2 rings (SSSR count). The van der Waals surface area contributed by atoms with Crippen molar-refractivity contribution in [3.8, 4) is 0 Å². The van der Waals surface area contributed by atoms with Crippen molar-refractivity contribution in [1.29, 1.82) is 0 Å². The number of aromatic nitrogens is 4. The van der Waals surface area contributed by atoms with Gasteiger partial charge in [0.2, 0.25) is 10.3 Å². The second-order valence-electron chi connectivity index (χ2n) is 4.35. The molecular weight excluding hydrogens is 483 g/mol. The van der Waals surface area contributed by atoms with Gasteiger partial charge < -0.3 is 32.8 Å². The normalized spacial score (nSPS) is 9.41. The molecule has 0 fully saturated rings. The van der Waals surface area contributed by atoms with Crippen LogP contribution in [0.1, 0.15) is 10.0 Å². The van der Waals surface area contributed by atoms with E-state index in [4.69, 9.17) is 27.4 Å². The first kappa shape index (κ1) is 27.0. The van der Waals surface area contributed by atoms with Crippen LogP contribution in [0.2, 0.25) is 0 Å². The van der Waals surface area contributed by atoms with Gasteiger partial charge in [-0.25, -0.2) is 5.84 Å². The van der Waals surface area contributed by atoms with Gasteiger partial charge in [-0.3, -0.25) is 9.59 Å². The van der Waals surface area contributed by atoms with Crippen molar-refractivity contribution in [3.05, 3.63) is 10.0 Å². The monoisotopic (exact) mass is 501 g/mol. The summed E-state index contributed by atoms with van der Waals surface area (Å²) in [5, 5.41) is 34.3. The predicted molar refractivity (Wildman–Crippen MR) is 120 cm³/mol. The Hall–Kier alpha value is -1.99. The molecule has 0 aromatic carbocycles. The first-order chi connectivity index (χ1) is 13.6. The molecule has 2 heterocycles. The second-order valence-corrected chi connectivity index (χ2v) is 8.95. The minimum absolute atomic E-state index is 0.116. The number of hydrazine groups is 1. The van der Waals surface area contributed by atoms with Crippen molar-refractivity contribution < 1.29 is 19.8 Å². The van der Waals surface area contributed by atoms with Gasteiger partial charge in [0.25, 0.3) is 0 Å². The Morgan fingerprint density at radius 2 is 1.31 bits per heavy atom. The number of nitrogens with two attached hydrogens (primary N) is 4. The fourth-order valence-corrected chi connectivity index (χ4v) is 3.90. The molecule has 0 aliphatic rings. The number of aliphatic carboxylic acids is 2. The highest BCUT2D eigenvalue weighted by atomic mass is 32.2. The van der Waals surface area contributed by atoms with Crippen molar-refractivity contribution in [3.63, 3.8) is 0 Å². The van der Waals surface area contributed by atoms with E-state index >= 15 is 0 Å². The van der Waals surface area contributed by atoms with Crippen LogP contribution in [-0.4, -0.2) is 59.2 Å². The highest BCUT2D eigenvalue weighted by molar-refractivity contribution is 8.00. The van der Waals surface area contributed by atoms with Crippen LogP contribution < -0.4 is 28.5 Å². The topological polar surface area (TPSA) is 242 Å². The summed E-state index contributed by atoms with van der Waals surface area (Å²) in [6.07, 6.45) is 0. The Balaban J connectivity index is 0.000000479. The largest absolute Gasteiger partial charge is 0.481 e. The molecule has 29 heavy (non-hydrogen) atoms. The predicted octanol–water partition coefficient (Wildman–Crippen LogP) is -0.431. The van der Waals surface area contributed by atoms with E-state index in [2.05, 4.69) is 38.5 Å². The summed E-state index contributed by atoms with van der Waals surface area (Å²) in [5.41, 5.74) is 17.8. The zero-order valence-electron chi connectivity index (χ0n) is 14.7. The van der Waals surface area contributed by atoms with E-state index in [-0.39, 0.29) is 16.6 Å². The third-order valence-electron chi connectivity index (χ3n) is 2.01. The molecule has 13 nitrogen and oxygen atoms in total. The minimum Gasteiger partial charge on any atom is -0.481 e. The molecule has 0 saturated heterocycles. The molecule has 2 aromatic heterocycles. The van der Waals surface area contributed by atoms with Crippen LogP contribution in [0.4, 0.5) is 10.3 Å². The highest BCUT2D eigenvalue weighted by Gasteiger charge is 2.04. The van der Waals surface area contributed by atoms with Crippen LogP contribution in [0.3, 0.4) is 0 Å². The molecule has 18 heteroatoms. The van der Waals surface area contributed by atoms with Gasteiger partial charge in [-0.15, -0.1) is 43.9 Å². The van der Waals surface area contributed by atoms with E-state index in [9.17, 15) is 9.59 Å². The molecule has 0 unspecified atom stereocenters. The van der Waals surface area contributed by atoms with Gasteiger partial charge in [0.1, 0.15) is 10.0 Å². The number of carboxylic acids is 2. The van der Waals surface area contributed by atoms with Crippen LogP contribution in [-0.2, 0) is 21.1 Å². The SMILES string of the molecule is NNC(N)=S.Nc1nnc(CSCc2nnc(N)s2)s1.O=C(O)CSCC(=O)O. The molecule has 0 amide bonds. The second kappa shape index (κ2) is 15.9. The van der Waals surface area contributed by atoms with Gasteiger partial charge >= 0.3 is 11.9 Å². The number of nitrogens with one attached hydrogen (secondary N) is 1. The lowest BCUT2D eigenvalue weighted by molar-refractivity contribution is -0.134. The number of rotatable bonds is 8. The van der Waals surface area contributed by atoms with Gasteiger partial charge in [-0.2, -0.15) is 0 Å². The first-order valence-corrected chi connectivity index (χ1v) is 11.5. The Kier molecular flexibility index (Phi) is 14.8. The number of anilines is 2. The third-order valence-corrected chi connectivity index (χ3v) is 5.85. The number of hydrogen-bond acceptors (Lipinski definition) is 14. The van der Waals surface area contributed by atoms with Gasteiger partial charge in [0.05, 0.1) is 11.5 Å². The Morgan fingerprint density at radius 3 is 1.55 bits per heavy atom. The minimum atomic E-state index is -0.985. The molecule has 2 aromatic rings. The Morgan fingerprint density at radius 1 is 0.931 bits per heavy atom. The quantitative estimate of drug-likeness (QED) is 0.138. The number of thiocarbonyl (C=S) groups is 1. The maximum atomic E-state index is 9.77. The van der Waals surface area contributed by atoms with E-state index in [0.717, 1.165) is 33.3 Å². The average Bonchev–Trinajstić information content (AvgIpc) is 3.23. The third kappa shape index (κ3) is 16.6. The Bertz CT molecular complexity index is 717. The van der Waals surface area contributed by atoms with E-state index in [1.54, 1.807) is 11.8 Å². The lowest BCUT2D eigenvalue weighted by Gasteiger charge is -1.92. The lowest BCUT2D eigenvalue weighted by atomic mass is 10.8. The van der Waals surface area contributed by atoms with Gasteiger partial charge in [-0.05, 0) is 12.2 Å². The summed E-state index contributed by atoms with van der Waals surface area (Å²) in [6, 6.07) is 0. The van der Waals surface area contributed by atoms with E-state index < -0.39 is 11.9 Å². The fraction of sp³-hybridized carbons (Fsp3) is 0.364. The molecule has 0 aliphatic carbocycles. The van der Waals surface area contributed by atoms with E-state index in [1.165, 1.54) is 22.7 Å². The molecular formula is C11H19N9O4S5.